The van der Waals surface area contributed by atoms with Gasteiger partial charge < -0.3 is 0 Å². The lowest BCUT2D eigenvalue weighted by Gasteiger charge is -2.21. The molecule has 0 aliphatic carbocycles. The standard InChI is InChI=1S/C16H14F2N2O2S/c1-2-3-10-19-14-6-4-5-7-15(14)20(23(19,21)22)16-11-12(17)8-9-13(16)18/h2,4-9,11H,1,3,10H2. The Kier molecular flexibility index (Phi) is 3.81. The van der Waals surface area contributed by atoms with Gasteiger partial charge in [-0.15, -0.1) is 6.58 Å². The Balaban J connectivity index is 2.21. The third-order valence-corrected chi connectivity index (χ3v) is 5.33. The topological polar surface area (TPSA) is 40.6 Å². The van der Waals surface area contributed by atoms with E-state index in [-0.39, 0.29) is 12.2 Å². The Bertz CT molecular complexity index is 868. The van der Waals surface area contributed by atoms with E-state index in [1.807, 2.05) is 0 Å². The summed E-state index contributed by atoms with van der Waals surface area (Å²) in [6, 6.07) is 9.27. The maximum Gasteiger partial charge on any atom is 0.331 e. The minimum Gasteiger partial charge on any atom is -0.251 e. The molecule has 0 saturated heterocycles. The lowest BCUT2D eigenvalue weighted by atomic mass is 10.2. The van der Waals surface area contributed by atoms with Crippen molar-refractivity contribution in [2.45, 2.75) is 6.42 Å². The molecule has 1 aliphatic rings. The van der Waals surface area contributed by atoms with Gasteiger partial charge in [-0.25, -0.2) is 13.1 Å². The van der Waals surface area contributed by atoms with E-state index in [4.69, 9.17) is 0 Å². The molecule has 2 aromatic rings. The van der Waals surface area contributed by atoms with Gasteiger partial charge in [0.05, 0.1) is 17.1 Å². The first kappa shape index (κ1) is 15.5. The largest absolute Gasteiger partial charge is 0.331 e. The summed E-state index contributed by atoms with van der Waals surface area (Å²) in [5, 5.41) is 0. The van der Waals surface area contributed by atoms with Crippen molar-refractivity contribution < 1.29 is 17.2 Å². The van der Waals surface area contributed by atoms with Crippen LogP contribution in [0, 0.1) is 11.6 Å². The normalized spacial score (nSPS) is 15.6. The van der Waals surface area contributed by atoms with E-state index in [0.717, 1.165) is 22.5 Å². The summed E-state index contributed by atoms with van der Waals surface area (Å²) in [7, 11) is -4.04. The average molecular weight is 336 g/mol. The number of para-hydroxylation sites is 2. The molecular weight excluding hydrogens is 322 g/mol. The SMILES string of the molecule is C=CCCN1c2ccccc2N(c2cc(F)ccc2F)S1(=O)=O. The van der Waals surface area contributed by atoms with Gasteiger partial charge in [0.15, 0.2) is 0 Å². The first-order valence-electron chi connectivity index (χ1n) is 6.95. The molecular formula is C16H14F2N2O2S. The molecule has 0 unspecified atom stereocenters. The fourth-order valence-corrected chi connectivity index (χ4v) is 4.26. The average Bonchev–Trinajstić information content (AvgIpc) is 2.74. The van der Waals surface area contributed by atoms with Gasteiger partial charge in [0, 0.05) is 12.6 Å². The molecule has 0 N–H and O–H groups in total. The lowest BCUT2D eigenvalue weighted by Crippen LogP contribution is -2.36. The van der Waals surface area contributed by atoms with Crippen molar-refractivity contribution in [1.29, 1.82) is 0 Å². The molecule has 120 valence electrons. The van der Waals surface area contributed by atoms with Gasteiger partial charge in [-0.1, -0.05) is 18.2 Å². The van der Waals surface area contributed by atoms with Gasteiger partial charge in [-0.3, -0.25) is 4.31 Å². The van der Waals surface area contributed by atoms with Crippen molar-refractivity contribution in [3.05, 3.63) is 66.8 Å². The first-order valence-corrected chi connectivity index (χ1v) is 8.34. The van der Waals surface area contributed by atoms with Crippen LogP contribution in [0.4, 0.5) is 25.8 Å². The summed E-state index contributed by atoms with van der Waals surface area (Å²) in [6.45, 7) is 3.76. The van der Waals surface area contributed by atoms with Crippen molar-refractivity contribution >= 4 is 27.3 Å². The summed E-state index contributed by atoms with van der Waals surface area (Å²) < 4.78 is 55.4. The van der Waals surface area contributed by atoms with Gasteiger partial charge in [-0.05, 0) is 30.7 Å². The predicted octanol–water partition coefficient (Wildman–Crippen LogP) is 3.74. The minimum atomic E-state index is -4.04. The van der Waals surface area contributed by atoms with Gasteiger partial charge in [-0.2, -0.15) is 8.42 Å². The van der Waals surface area contributed by atoms with Crippen LogP contribution in [0.15, 0.2) is 55.1 Å². The van der Waals surface area contributed by atoms with Crippen LogP contribution in [-0.2, 0) is 10.2 Å². The summed E-state index contributed by atoms with van der Waals surface area (Å²) in [5.74, 6) is -1.52. The molecule has 0 bridgehead atoms. The molecule has 7 heteroatoms. The van der Waals surface area contributed by atoms with Crippen molar-refractivity contribution in [2.75, 3.05) is 15.2 Å². The lowest BCUT2D eigenvalue weighted by molar-refractivity contribution is 0.587. The van der Waals surface area contributed by atoms with Crippen molar-refractivity contribution in [2.24, 2.45) is 0 Å². The zero-order valence-electron chi connectivity index (χ0n) is 12.1. The number of hydrogen-bond acceptors (Lipinski definition) is 2. The van der Waals surface area contributed by atoms with Crippen LogP contribution in [0.25, 0.3) is 0 Å². The predicted molar refractivity (Wildman–Crippen MR) is 86.0 cm³/mol. The van der Waals surface area contributed by atoms with E-state index in [2.05, 4.69) is 6.58 Å². The second-order valence-corrected chi connectivity index (χ2v) is 6.71. The van der Waals surface area contributed by atoms with Crippen LogP contribution in [0.1, 0.15) is 6.42 Å². The molecule has 0 spiro atoms. The molecule has 2 aromatic carbocycles. The maximum absolute atomic E-state index is 14.1. The highest BCUT2D eigenvalue weighted by Crippen LogP contribution is 2.45. The smallest absolute Gasteiger partial charge is 0.251 e. The second kappa shape index (κ2) is 5.66. The van der Waals surface area contributed by atoms with Crippen LogP contribution in [0.3, 0.4) is 0 Å². The molecule has 0 radical (unpaired) electrons. The summed E-state index contributed by atoms with van der Waals surface area (Å²) in [5.41, 5.74) is 0.387. The number of rotatable bonds is 4. The third kappa shape index (κ3) is 2.46. The molecule has 1 heterocycles. The first-order chi connectivity index (χ1) is 11.0. The van der Waals surface area contributed by atoms with E-state index < -0.39 is 21.8 Å². The Labute approximate surface area is 133 Å². The highest BCUT2D eigenvalue weighted by molar-refractivity contribution is 7.95. The van der Waals surface area contributed by atoms with Gasteiger partial charge in [0.2, 0.25) is 0 Å². The molecule has 0 aromatic heterocycles. The number of nitrogens with zero attached hydrogens (tertiary/aromatic N) is 2. The second-order valence-electron chi connectivity index (χ2n) is 5.01. The molecule has 0 amide bonds. The summed E-state index contributed by atoms with van der Waals surface area (Å²) in [6.07, 6.45) is 2.04. The van der Waals surface area contributed by atoms with Crippen LogP contribution >= 0.6 is 0 Å². The molecule has 0 atom stereocenters. The third-order valence-electron chi connectivity index (χ3n) is 3.54. The highest BCUT2D eigenvalue weighted by Gasteiger charge is 2.41. The number of hydrogen-bond donors (Lipinski definition) is 0. The number of halogens is 2. The van der Waals surface area contributed by atoms with Crippen molar-refractivity contribution in [3.63, 3.8) is 0 Å². The van der Waals surface area contributed by atoms with Crippen LogP contribution in [0.5, 0.6) is 0 Å². The molecule has 1 aliphatic heterocycles. The molecule has 0 saturated carbocycles. The summed E-state index contributed by atoms with van der Waals surface area (Å²) >= 11 is 0. The van der Waals surface area contributed by atoms with Gasteiger partial charge >= 0.3 is 10.2 Å². The zero-order chi connectivity index (χ0) is 16.6. The number of fused-ring (bicyclic) bond motifs is 1. The van der Waals surface area contributed by atoms with Crippen LogP contribution in [-0.4, -0.2) is 15.0 Å². The number of anilines is 3. The van der Waals surface area contributed by atoms with E-state index in [1.165, 1.54) is 4.31 Å². The zero-order valence-corrected chi connectivity index (χ0v) is 12.9. The Morgan fingerprint density at radius 2 is 1.74 bits per heavy atom. The molecule has 4 nitrogen and oxygen atoms in total. The number of benzene rings is 2. The fourth-order valence-electron chi connectivity index (χ4n) is 2.53. The van der Waals surface area contributed by atoms with Crippen LogP contribution in [0.2, 0.25) is 0 Å². The fraction of sp³-hybridized carbons (Fsp3) is 0.125. The Morgan fingerprint density at radius 1 is 1.04 bits per heavy atom. The van der Waals surface area contributed by atoms with Crippen molar-refractivity contribution in [1.82, 2.24) is 0 Å². The minimum absolute atomic E-state index is 0.177. The van der Waals surface area contributed by atoms with E-state index in [9.17, 15) is 17.2 Å². The van der Waals surface area contributed by atoms with E-state index in [1.54, 1.807) is 30.3 Å². The Hall–Kier alpha value is -2.41. The molecule has 0 fully saturated rings. The van der Waals surface area contributed by atoms with Gasteiger partial charge in [0.1, 0.15) is 11.6 Å². The van der Waals surface area contributed by atoms with Crippen LogP contribution < -0.4 is 8.61 Å². The molecule has 3 rings (SSSR count). The monoisotopic (exact) mass is 336 g/mol. The highest BCUT2D eigenvalue weighted by atomic mass is 32.2. The van der Waals surface area contributed by atoms with Crippen molar-refractivity contribution in [3.8, 4) is 0 Å². The van der Waals surface area contributed by atoms with Gasteiger partial charge in [0.25, 0.3) is 0 Å². The maximum atomic E-state index is 14.1. The molecule has 23 heavy (non-hydrogen) atoms. The Morgan fingerprint density at radius 3 is 2.43 bits per heavy atom. The van der Waals surface area contributed by atoms with E-state index in [0.29, 0.717) is 17.8 Å². The summed E-state index contributed by atoms with van der Waals surface area (Å²) in [4.78, 5) is 0. The van der Waals surface area contributed by atoms with E-state index >= 15 is 0 Å². The quantitative estimate of drug-likeness (QED) is 0.798.